The predicted molar refractivity (Wildman–Crippen MR) is 84.9 cm³/mol. The van der Waals surface area contributed by atoms with Gasteiger partial charge in [0.25, 0.3) is 0 Å². The smallest absolute Gasteiger partial charge is 0.139 e. The van der Waals surface area contributed by atoms with Crippen molar-refractivity contribution in [2.45, 2.75) is 52.5 Å². The molecule has 0 radical (unpaired) electrons. The molecule has 1 heterocycles. The van der Waals surface area contributed by atoms with Crippen LogP contribution in [0.3, 0.4) is 0 Å². The lowest BCUT2D eigenvalue weighted by Gasteiger charge is -2.30. The molecule has 4 heteroatoms. The summed E-state index contributed by atoms with van der Waals surface area (Å²) in [5, 5.41) is 0. The SMILES string of the molecule is CCC(C)N(CC)c1nc2c(cc1C(N)=S)CCC2. The number of nitrogens with zero attached hydrogens (tertiary/aromatic N) is 2. The van der Waals surface area contributed by atoms with Crippen LogP contribution in [0, 0.1) is 0 Å². The molecule has 2 N–H and O–H groups in total. The first kappa shape index (κ1) is 14.3. The number of nitrogens with two attached hydrogens (primary N) is 1. The van der Waals surface area contributed by atoms with Gasteiger partial charge in [0.05, 0.1) is 5.56 Å². The average molecular weight is 277 g/mol. The molecule has 1 aromatic heterocycles. The lowest BCUT2D eigenvalue weighted by Crippen LogP contribution is -2.35. The highest BCUT2D eigenvalue weighted by Crippen LogP contribution is 2.28. The van der Waals surface area contributed by atoms with Crippen molar-refractivity contribution in [2.75, 3.05) is 11.4 Å². The monoisotopic (exact) mass is 277 g/mol. The highest BCUT2D eigenvalue weighted by Gasteiger charge is 2.22. The summed E-state index contributed by atoms with van der Waals surface area (Å²) >= 11 is 5.22. The maximum atomic E-state index is 5.91. The second kappa shape index (κ2) is 5.87. The van der Waals surface area contributed by atoms with Crippen LogP contribution >= 0.6 is 12.2 Å². The van der Waals surface area contributed by atoms with Gasteiger partial charge in [-0.2, -0.15) is 0 Å². The van der Waals surface area contributed by atoms with Crippen molar-refractivity contribution in [3.8, 4) is 0 Å². The molecule has 3 nitrogen and oxygen atoms in total. The van der Waals surface area contributed by atoms with Gasteiger partial charge in [-0.15, -0.1) is 0 Å². The molecule has 0 saturated carbocycles. The number of fused-ring (bicyclic) bond motifs is 1. The van der Waals surface area contributed by atoms with Crippen LogP contribution in [0.1, 0.15) is 50.4 Å². The van der Waals surface area contributed by atoms with Crippen LogP contribution in [0.4, 0.5) is 5.82 Å². The molecule has 1 unspecified atom stereocenters. The van der Waals surface area contributed by atoms with Crippen LogP contribution in [-0.4, -0.2) is 22.6 Å². The Bertz CT molecular complexity index is 485. The zero-order chi connectivity index (χ0) is 14.0. The van der Waals surface area contributed by atoms with E-state index in [1.807, 2.05) is 0 Å². The van der Waals surface area contributed by atoms with E-state index in [0.717, 1.165) is 37.2 Å². The van der Waals surface area contributed by atoms with Crippen LogP contribution in [0.2, 0.25) is 0 Å². The van der Waals surface area contributed by atoms with E-state index in [-0.39, 0.29) is 0 Å². The number of hydrogen-bond acceptors (Lipinski definition) is 3. The molecular formula is C15H23N3S. The number of aryl methyl sites for hydroxylation is 2. The van der Waals surface area contributed by atoms with Gasteiger partial charge in [-0.3, -0.25) is 0 Å². The molecule has 1 aromatic rings. The van der Waals surface area contributed by atoms with Gasteiger partial charge in [0, 0.05) is 18.3 Å². The fraction of sp³-hybridized carbons (Fsp3) is 0.600. The summed E-state index contributed by atoms with van der Waals surface area (Å²) < 4.78 is 0. The number of thiocarbonyl (C=S) groups is 1. The summed E-state index contributed by atoms with van der Waals surface area (Å²) in [4.78, 5) is 7.64. The van der Waals surface area contributed by atoms with Crippen molar-refractivity contribution in [1.29, 1.82) is 0 Å². The molecule has 0 saturated heterocycles. The van der Waals surface area contributed by atoms with Gasteiger partial charge < -0.3 is 10.6 Å². The summed E-state index contributed by atoms with van der Waals surface area (Å²) in [6, 6.07) is 2.61. The fourth-order valence-electron chi connectivity index (χ4n) is 2.75. The Labute approximate surface area is 121 Å². The highest BCUT2D eigenvalue weighted by molar-refractivity contribution is 7.80. The maximum absolute atomic E-state index is 5.91. The van der Waals surface area contributed by atoms with Crippen molar-refractivity contribution in [3.05, 3.63) is 22.9 Å². The molecule has 1 aliphatic rings. The normalized spacial score (nSPS) is 15.1. The molecule has 1 aliphatic carbocycles. The Hall–Kier alpha value is -1.16. The summed E-state index contributed by atoms with van der Waals surface area (Å²) in [6.45, 7) is 7.50. The first-order chi connectivity index (χ1) is 9.08. The average Bonchev–Trinajstić information content (AvgIpc) is 2.85. The zero-order valence-corrected chi connectivity index (χ0v) is 12.9. The van der Waals surface area contributed by atoms with Crippen molar-refractivity contribution in [2.24, 2.45) is 5.73 Å². The third-order valence-corrected chi connectivity index (χ3v) is 4.25. The van der Waals surface area contributed by atoms with Gasteiger partial charge >= 0.3 is 0 Å². The van der Waals surface area contributed by atoms with E-state index in [0.29, 0.717) is 11.0 Å². The molecule has 1 atom stereocenters. The van der Waals surface area contributed by atoms with Gasteiger partial charge in [0.2, 0.25) is 0 Å². The van der Waals surface area contributed by atoms with E-state index in [2.05, 4.69) is 31.7 Å². The van der Waals surface area contributed by atoms with E-state index < -0.39 is 0 Å². The predicted octanol–water partition coefficient (Wildman–Crippen LogP) is 2.83. The molecule has 2 rings (SSSR count). The van der Waals surface area contributed by atoms with Crippen molar-refractivity contribution >= 4 is 23.0 Å². The Morgan fingerprint density at radius 3 is 2.79 bits per heavy atom. The summed E-state index contributed by atoms with van der Waals surface area (Å²) in [5.41, 5.74) is 9.41. The second-order valence-electron chi connectivity index (χ2n) is 5.23. The number of anilines is 1. The minimum atomic E-state index is 0.449. The molecule has 0 amide bonds. The number of aromatic nitrogens is 1. The van der Waals surface area contributed by atoms with Crippen molar-refractivity contribution in [3.63, 3.8) is 0 Å². The third kappa shape index (κ3) is 2.73. The quantitative estimate of drug-likeness (QED) is 0.840. The topological polar surface area (TPSA) is 42.2 Å². The van der Waals surface area contributed by atoms with Gasteiger partial charge in [-0.1, -0.05) is 19.1 Å². The molecular weight excluding hydrogens is 254 g/mol. The molecule has 19 heavy (non-hydrogen) atoms. The third-order valence-electron chi connectivity index (χ3n) is 4.03. The van der Waals surface area contributed by atoms with Crippen LogP contribution < -0.4 is 10.6 Å². The maximum Gasteiger partial charge on any atom is 0.139 e. The Balaban J connectivity index is 2.50. The van der Waals surface area contributed by atoms with E-state index in [1.54, 1.807) is 0 Å². The summed E-state index contributed by atoms with van der Waals surface area (Å²) in [5.74, 6) is 0.977. The Morgan fingerprint density at radius 2 is 2.21 bits per heavy atom. The second-order valence-corrected chi connectivity index (χ2v) is 5.67. The van der Waals surface area contributed by atoms with Gasteiger partial charge in [0.15, 0.2) is 0 Å². The molecule has 0 aromatic carbocycles. The first-order valence-corrected chi connectivity index (χ1v) is 7.58. The van der Waals surface area contributed by atoms with E-state index in [4.69, 9.17) is 22.9 Å². The summed E-state index contributed by atoms with van der Waals surface area (Å²) in [7, 11) is 0. The minimum Gasteiger partial charge on any atom is -0.389 e. The van der Waals surface area contributed by atoms with Crippen LogP contribution in [-0.2, 0) is 12.8 Å². The standard InChI is InChI=1S/C15H23N3S/c1-4-10(3)18(5-2)15-12(14(16)19)9-11-7-6-8-13(11)17-15/h9-10H,4-8H2,1-3H3,(H2,16,19). The number of hydrogen-bond donors (Lipinski definition) is 1. The van der Waals surface area contributed by atoms with Gasteiger partial charge in [0.1, 0.15) is 10.8 Å². The summed E-state index contributed by atoms with van der Waals surface area (Å²) in [6.07, 6.45) is 4.47. The lowest BCUT2D eigenvalue weighted by molar-refractivity contribution is 0.621. The molecule has 0 bridgehead atoms. The van der Waals surface area contributed by atoms with E-state index in [9.17, 15) is 0 Å². The van der Waals surface area contributed by atoms with Crippen molar-refractivity contribution in [1.82, 2.24) is 4.98 Å². The van der Waals surface area contributed by atoms with Crippen molar-refractivity contribution < 1.29 is 0 Å². The van der Waals surface area contributed by atoms with Crippen LogP contribution in [0.25, 0.3) is 0 Å². The van der Waals surface area contributed by atoms with E-state index >= 15 is 0 Å². The molecule has 0 fully saturated rings. The zero-order valence-electron chi connectivity index (χ0n) is 12.1. The minimum absolute atomic E-state index is 0.449. The van der Waals surface area contributed by atoms with Crippen LogP contribution in [0.15, 0.2) is 6.07 Å². The molecule has 0 spiro atoms. The van der Waals surface area contributed by atoms with Gasteiger partial charge in [-0.05, 0) is 51.2 Å². The van der Waals surface area contributed by atoms with Crippen LogP contribution in [0.5, 0.6) is 0 Å². The fourth-order valence-corrected chi connectivity index (χ4v) is 2.90. The highest BCUT2D eigenvalue weighted by atomic mass is 32.1. The Morgan fingerprint density at radius 1 is 1.47 bits per heavy atom. The Kier molecular flexibility index (Phi) is 4.40. The number of rotatable bonds is 5. The number of pyridine rings is 1. The molecule has 104 valence electrons. The first-order valence-electron chi connectivity index (χ1n) is 7.17. The molecule has 0 aliphatic heterocycles. The van der Waals surface area contributed by atoms with Gasteiger partial charge in [-0.25, -0.2) is 4.98 Å². The lowest BCUT2D eigenvalue weighted by atomic mass is 10.1. The largest absolute Gasteiger partial charge is 0.389 e. The van der Waals surface area contributed by atoms with E-state index in [1.165, 1.54) is 17.7 Å².